The van der Waals surface area contributed by atoms with Crippen LogP contribution < -0.4 is 5.32 Å². The summed E-state index contributed by atoms with van der Waals surface area (Å²) in [6.45, 7) is 2.14. The lowest BCUT2D eigenvalue weighted by molar-refractivity contribution is 0.185. The van der Waals surface area contributed by atoms with Gasteiger partial charge in [-0.1, -0.05) is 25.5 Å². The van der Waals surface area contributed by atoms with E-state index in [0.717, 1.165) is 12.8 Å². The van der Waals surface area contributed by atoms with Crippen LogP contribution in [0.4, 0.5) is 10.5 Å². The van der Waals surface area contributed by atoms with Gasteiger partial charge in [-0.25, -0.2) is 9.90 Å². The van der Waals surface area contributed by atoms with Gasteiger partial charge in [0.15, 0.2) is 0 Å². The van der Waals surface area contributed by atoms with E-state index in [9.17, 15) is 9.90 Å². The van der Waals surface area contributed by atoms with Crippen molar-refractivity contribution in [1.82, 2.24) is 0 Å². The summed E-state index contributed by atoms with van der Waals surface area (Å²) in [7, 11) is 0. The van der Waals surface area contributed by atoms with Gasteiger partial charge in [0.25, 0.3) is 0 Å². The number of hydrogen-bond donors (Lipinski definition) is 1. The van der Waals surface area contributed by atoms with Crippen molar-refractivity contribution < 1.29 is 9.90 Å². The number of amides is 1. The molecule has 75 valence electrons. The molecule has 0 unspecified atom stereocenters. The minimum Gasteiger partial charge on any atom is -0.288 e. The molecular weight excluding hydrogens is 178 g/mol. The summed E-state index contributed by atoms with van der Waals surface area (Å²) >= 11 is 0. The van der Waals surface area contributed by atoms with Gasteiger partial charge in [-0.15, -0.1) is 0 Å². The highest BCUT2D eigenvalue weighted by atomic mass is 16.4. The third-order valence-corrected chi connectivity index (χ3v) is 2.02. The minimum atomic E-state index is -1.27. The van der Waals surface area contributed by atoms with Crippen LogP contribution in [0.15, 0.2) is 24.3 Å². The smallest absolute Gasteiger partial charge is 0.288 e. The molecule has 0 heterocycles. The van der Waals surface area contributed by atoms with Gasteiger partial charge in [-0.3, -0.25) is 5.32 Å². The maximum Gasteiger partial charge on any atom is 0.454 e. The number of anilines is 1. The second kappa shape index (κ2) is 5.27. The summed E-state index contributed by atoms with van der Waals surface area (Å²) in [6.07, 6.45) is 2.10. The Morgan fingerprint density at radius 1 is 1.29 bits per heavy atom. The lowest BCUT2D eigenvalue weighted by Gasteiger charge is -2.02. The summed E-state index contributed by atoms with van der Waals surface area (Å²) in [5.41, 5.74) is 1.79. The van der Waals surface area contributed by atoms with Crippen LogP contribution in [-0.4, -0.2) is 6.09 Å². The highest BCUT2D eigenvalue weighted by molar-refractivity contribution is 5.82. The fraction of sp³-hybridized carbons (Fsp3) is 0.364. The topological polar surface area (TPSA) is 49.0 Å². The van der Waals surface area contributed by atoms with Gasteiger partial charge in [0.2, 0.25) is 0 Å². The van der Waals surface area contributed by atoms with Gasteiger partial charge in [0, 0.05) is 5.69 Å². The lowest BCUT2D eigenvalue weighted by atomic mass is 10.1. The Balaban J connectivity index is 2.54. The zero-order valence-corrected chi connectivity index (χ0v) is 8.25. The Labute approximate surface area is 83.8 Å². The predicted molar refractivity (Wildman–Crippen MR) is 54.8 cm³/mol. The molecule has 1 N–H and O–H groups in total. The monoisotopic (exact) mass is 192 g/mol. The van der Waals surface area contributed by atoms with Crippen molar-refractivity contribution in [3.05, 3.63) is 29.8 Å². The first-order valence-corrected chi connectivity index (χ1v) is 4.79. The third-order valence-electron chi connectivity index (χ3n) is 2.02. The fourth-order valence-corrected chi connectivity index (χ4v) is 1.25. The number of benzene rings is 1. The average Bonchev–Trinajstić information content (AvgIpc) is 2.16. The molecule has 1 aromatic rings. The van der Waals surface area contributed by atoms with Crippen LogP contribution in [0.2, 0.25) is 0 Å². The zero-order chi connectivity index (χ0) is 10.4. The van der Waals surface area contributed by atoms with Crippen LogP contribution in [0.3, 0.4) is 0 Å². The first-order chi connectivity index (χ1) is 6.72. The summed E-state index contributed by atoms with van der Waals surface area (Å²) < 4.78 is 0. The van der Waals surface area contributed by atoms with E-state index in [0.29, 0.717) is 5.69 Å². The highest BCUT2D eigenvalue weighted by Crippen LogP contribution is 2.11. The third kappa shape index (κ3) is 3.47. The van der Waals surface area contributed by atoms with Gasteiger partial charge in [0.05, 0.1) is 0 Å². The van der Waals surface area contributed by atoms with Gasteiger partial charge < -0.3 is 0 Å². The fourth-order valence-electron chi connectivity index (χ4n) is 1.25. The van der Waals surface area contributed by atoms with E-state index in [4.69, 9.17) is 0 Å². The van der Waals surface area contributed by atoms with E-state index in [1.807, 2.05) is 12.1 Å². The SMILES string of the molecule is CCCCc1ccc(NC([O])=O)cc1. The molecule has 0 aliphatic rings. The minimum absolute atomic E-state index is 0.560. The number of carbonyl (C=O) groups is 1. The van der Waals surface area contributed by atoms with Crippen LogP contribution in [0.25, 0.3) is 0 Å². The Morgan fingerprint density at radius 2 is 1.93 bits per heavy atom. The first kappa shape index (κ1) is 10.6. The van der Waals surface area contributed by atoms with Crippen molar-refractivity contribution >= 4 is 11.8 Å². The molecule has 3 heteroatoms. The predicted octanol–water partition coefficient (Wildman–Crippen LogP) is 2.99. The van der Waals surface area contributed by atoms with Crippen molar-refractivity contribution in [3.63, 3.8) is 0 Å². The quantitative estimate of drug-likeness (QED) is 0.783. The second-order valence-electron chi connectivity index (χ2n) is 3.21. The number of rotatable bonds is 4. The molecular formula is C11H14NO2. The molecule has 14 heavy (non-hydrogen) atoms. The summed E-state index contributed by atoms with van der Waals surface area (Å²) in [5, 5.41) is 12.4. The normalized spacial score (nSPS) is 9.79. The van der Waals surface area contributed by atoms with Crippen molar-refractivity contribution in [2.45, 2.75) is 26.2 Å². The number of nitrogens with one attached hydrogen (secondary N) is 1. The molecule has 3 nitrogen and oxygen atoms in total. The van der Waals surface area contributed by atoms with Gasteiger partial charge in [-0.05, 0) is 30.5 Å². The largest absolute Gasteiger partial charge is 0.454 e. The van der Waals surface area contributed by atoms with Gasteiger partial charge >= 0.3 is 6.09 Å². The molecule has 0 aliphatic heterocycles. The number of carbonyl (C=O) groups excluding carboxylic acids is 1. The lowest BCUT2D eigenvalue weighted by Crippen LogP contribution is -2.05. The standard InChI is InChI=1S/C11H14NO2/c1-2-3-4-9-5-7-10(8-6-9)12-11(13)14/h5-8,12H,2-4H2,1H3. The number of unbranched alkanes of at least 4 members (excludes halogenated alkanes) is 1. The Morgan fingerprint density at radius 3 is 2.43 bits per heavy atom. The van der Waals surface area contributed by atoms with E-state index in [1.54, 1.807) is 12.1 Å². The van der Waals surface area contributed by atoms with Gasteiger partial charge in [-0.2, -0.15) is 0 Å². The summed E-state index contributed by atoms with van der Waals surface area (Å²) in [6, 6.07) is 7.36. The Bertz CT molecular complexity index is 293. The van der Waals surface area contributed by atoms with Gasteiger partial charge in [0.1, 0.15) is 0 Å². The van der Waals surface area contributed by atoms with Crippen LogP contribution in [0.5, 0.6) is 0 Å². The van der Waals surface area contributed by atoms with E-state index in [1.165, 1.54) is 12.0 Å². The molecule has 0 spiro atoms. The molecule has 1 aromatic carbocycles. The van der Waals surface area contributed by atoms with Crippen molar-refractivity contribution in [3.8, 4) is 0 Å². The first-order valence-electron chi connectivity index (χ1n) is 4.79. The van der Waals surface area contributed by atoms with Crippen molar-refractivity contribution in [2.75, 3.05) is 5.32 Å². The van der Waals surface area contributed by atoms with Crippen LogP contribution in [-0.2, 0) is 11.5 Å². The molecule has 1 radical (unpaired) electrons. The highest BCUT2D eigenvalue weighted by Gasteiger charge is 1.99. The number of aryl methyl sites for hydroxylation is 1. The maximum atomic E-state index is 10.2. The van der Waals surface area contributed by atoms with E-state index < -0.39 is 6.09 Å². The molecule has 0 aliphatic carbocycles. The number of hydrogen-bond acceptors (Lipinski definition) is 1. The Hall–Kier alpha value is -1.51. The summed E-state index contributed by atoms with van der Waals surface area (Å²) in [4.78, 5) is 10.2. The molecule has 0 atom stereocenters. The molecule has 1 rings (SSSR count). The molecule has 0 fully saturated rings. The molecule has 1 amide bonds. The average molecular weight is 192 g/mol. The molecule has 0 saturated carbocycles. The molecule has 0 bridgehead atoms. The molecule has 0 aromatic heterocycles. The van der Waals surface area contributed by atoms with E-state index in [2.05, 4.69) is 12.2 Å². The zero-order valence-electron chi connectivity index (χ0n) is 8.25. The van der Waals surface area contributed by atoms with Crippen LogP contribution in [0.1, 0.15) is 25.3 Å². The van der Waals surface area contributed by atoms with Crippen molar-refractivity contribution in [1.29, 1.82) is 0 Å². The second-order valence-corrected chi connectivity index (χ2v) is 3.21. The molecule has 0 saturated heterocycles. The van der Waals surface area contributed by atoms with Crippen LogP contribution >= 0.6 is 0 Å². The van der Waals surface area contributed by atoms with E-state index >= 15 is 0 Å². The van der Waals surface area contributed by atoms with Crippen LogP contribution in [0, 0.1) is 0 Å². The summed E-state index contributed by atoms with van der Waals surface area (Å²) in [5.74, 6) is 0. The Kier molecular flexibility index (Phi) is 3.98. The van der Waals surface area contributed by atoms with E-state index in [-0.39, 0.29) is 0 Å². The maximum absolute atomic E-state index is 10.2. The van der Waals surface area contributed by atoms with Crippen molar-refractivity contribution in [2.24, 2.45) is 0 Å².